The third kappa shape index (κ3) is 9.53. The van der Waals surface area contributed by atoms with Crippen molar-refractivity contribution >= 4 is 23.9 Å². The van der Waals surface area contributed by atoms with Gasteiger partial charge in [0.25, 0.3) is 0 Å². The third-order valence-electron chi connectivity index (χ3n) is 6.01. The van der Waals surface area contributed by atoms with Gasteiger partial charge in [0.1, 0.15) is 11.5 Å². The molecule has 4 heteroatoms. The van der Waals surface area contributed by atoms with Gasteiger partial charge < -0.3 is 9.47 Å². The van der Waals surface area contributed by atoms with E-state index < -0.39 is 5.97 Å². The minimum absolute atomic E-state index is 0.426. The topological polar surface area (TPSA) is 47.9 Å². The molecule has 0 radical (unpaired) electrons. The summed E-state index contributed by atoms with van der Waals surface area (Å²) in [4.78, 5) is 16.7. The van der Waals surface area contributed by atoms with Crippen molar-refractivity contribution < 1.29 is 14.3 Å². The Bertz CT molecular complexity index is 1150. The molecule has 0 saturated heterocycles. The van der Waals surface area contributed by atoms with E-state index in [0.29, 0.717) is 5.75 Å². The first-order chi connectivity index (χ1) is 17.5. The second-order valence-electron chi connectivity index (χ2n) is 9.04. The molecule has 3 aromatic rings. The number of benzene rings is 3. The summed E-state index contributed by atoms with van der Waals surface area (Å²) in [6.45, 7) is 7.15. The lowest BCUT2D eigenvalue weighted by molar-refractivity contribution is -0.128. The van der Waals surface area contributed by atoms with Crippen LogP contribution in [0.15, 0.2) is 77.8 Å². The number of carbonyl (C=O) groups is 1. The number of aryl methyl sites for hydroxylation is 2. The molecule has 0 N–H and O–H groups in total. The standard InChI is InChI=1S/C32H37NO3/c1-4-5-6-7-8-9-22-35-30-17-12-27(13-18-30)14-21-32(34)36-31-19-15-29(16-20-31)33-24-28-11-10-25(2)26(3)23-28/h10-21,23-24H,4-9,22H2,1-3H3/b21-14+,33-24?. The van der Waals surface area contributed by atoms with Gasteiger partial charge in [-0.25, -0.2) is 4.79 Å². The summed E-state index contributed by atoms with van der Waals surface area (Å²) >= 11 is 0. The molecule has 3 rings (SSSR count). The molecule has 0 aliphatic carbocycles. The zero-order valence-corrected chi connectivity index (χ0v) is 21.7. The Labute approximate surface area is 215 Å². The predicted molar refractivity (Wildman–Crippen MR) is 150 cm³/mol. The molecule has 0 heterocycles. The molecule has 0 fully saturated rings. The Morgan fingerprint density at radius 3 is 2.17 bits per heavy atom. The maximum absolute atomic E-state index is 12.2. The van der Waals surface area contributed by atoms with Crippen molar-refractivity contribution in [2.24, 2.45) is 4.99 Å². The van der Waals surface area contributed by atoms with Crippen LogP contribution in [0.3, 0.4) is 0 Å². The number of carbonyl (C=O) groups excluding carboxylic acids is 1. The minimum atomic E-state index is -0.426. The highest BCUT2D eigenvalue weighted by molar-refractivity contribution is 5.88. The highest BCUT2D eigenvalue weighted by Crippen LogP contribution is 2.19. The van der Waals surface area contributed by atoms with Crippen LogP contribution < -0.4 is 9.47 Å². The summed E-state index contributed by atoms with van der Waals surface area (Å²) in [5, 5.41) is 0. The van der Waals surface area contributed by atoms with Crippen molar-refractivity contribution in [3.63, 3.8) is 0 Å². The highest BCUT2D eigenvalue weighted by Gasteiger charge is 2.02. The molecule has 0 spiro atoms. The maximum Gasteiger partial charge on any atom is 0.336 e. The molecular formula is C32H37NO3. The largest absolute Gasteiger partial charge is 0.494 e. The molecule has 0 aliphatic heterocycles. The van der Waals surface area contributed by atoms with E-state index in [0.717, 1.165) is 35.6 Å². The van der Waals surface area contributed by atoms with Crippen LogP contribution in [0.4, 0.5) is 5.69 Å². The zero-order chi connectivity index (χ0) is 25.6. The summed E-state index contributed by atoms with van der Waals surface area (Å²) in [5.41, 5.74) is 5.26. The molecule has 0 aliphatic rings. The average molecular weight is 484 g/mol. The van der Waals surface area contributed by atoms with Crippen molar-refractivity contribution in [2.75, 3.05) is 6.61 Å². The summed E-state index contributed by atoms with van der Waals surface area (Å²) in [5.74, 6) is 0.904. The average Bonchev–Trinajstić information content (AvgIpc) is 2.89. The number of hydrogen-bond acceptors (Lipinski definition) is 4. The smallest absolute Gasteiger partial charge is 0.336 e. The molecule has 36 heavy (non-hydrogen) atoms. The first kappa shape index (κ1) is 26.9. The Morgan fingerprint density at radius 2 is 1.44 bits per heavy atom. The summed E-state index contributed by atoms with van der Waals surface area (Å²) in [7, 11) is 0. The lowest BCUT2D eigenvalue weighted by Crippen LogP contribution is -2.03. The molecule has 0 unspecified atom stereocenters. The number of unbranched alkanes of at least 4 members (excludes halogenated alkanes) is 5. The number of aliphatic imine (C=N–C) groups is 1. The van der Waals surface area contributed by atoms with Gasteiger partial charge in [0, 0.05) is 12.3 Å². The fourth-order valence-corrected chi connectivity index (χ4v) is 3.66. The first-order valence-corrected chi connectivity index (χ1v) is 12.9. The van der Waals surface area contributed by atoms with Crippen LogP contribution in [0.5, 0.6) is 11.5 Å². The number of rotatable bonds is 13. The van der Waals surface area contributed by atoms with Crippen LogP contribution in [-0.4, -0.2) is 18.8 Å². The monoisotopic (exact) mass is 483 g/mol. The highest BCUT2D eigenvalue weighted by atomic mass is 16.5. The number of ether oxygens (including phenoxy) is 2. The van der Waals surface area contributed by atoms with Crippen LogP contribution in [0.25, 0.3) is 6.08 Å². The van der Waals surface area contributed by atoms with Gasteiger partial charge in [-0.2, -0.15) is 0 Å². The van der Waals surface area contributed by atoms with Crippen molar-refractivity contribution in [3.05, 3.63) is 95.1 Å². The summed E-state index contributed by atoms with van der Waals surface area (Å²) in [6, 6.07) is 21.1. The molecule has 0 atom stereocenters. The van der Waals surface area contributed by atoms with E-state index in [1.54, 1.807) is 18.2 Å². The van der Waals surface area contributed by atoms with Crippen LogP contribution >= 0.6 is 0 Å². The van der Waals surface area contributed by atoms with E-state index >= 15 is 0 Å². The summed E-state index contributed by atoms with van der Waals surface area (Å²) < 4.78 is 11.2. The number of nitrogens with zero attached hydrogens (tertiary/aromatic N) is 1. The van der Waals surface area contributed by atoms with E-state index in [4.69, 9.17) is 9.47 Å². The third-order valence-corrected chi connectivity index (χ3v) is 6.01. The van der Waals surface area contributed by atoms with Crippen molar-refractivity contribution in [1.29, 1.82) is 0 Å². The van der Waals surface area contributed by atoms with E-state index in [9.17, 15) is 4.79 Å². The summed E-state index contributed by atoms with van der Waals surface area (Å²) in [6.07, 6.45) is 12.5. The van der Waals surface area contributed by atoms with E-state index in [1.165, 1.54) is 49.3 Å². The second-order valence-corrected chi connectivity index (χ2v) is 9.04. The molecule has 0 saturated carbocycles. The molecule has 0 amide bonds. The fourth-order valence-electron chi connectivity index (χ4n) is 3.66. The van der Waals surface area contributed by atoms with Gasteiger partial charge in [0.15, 0.2) is 0 Å². The van der Waals surface area contributed by atoms with Crippen LogP contribution in [-0.2, 0) is 4.79 Å². The van der Waals surface area contributed by atoms with Crippen molar-refractivity contribution in [1.82, 2.24) is 0 Å². The molecule has 188 valence electrons. The molecule has 0 aromatic heterocycles. The van der Waals surface area contributed by atoms with Crippen molar-refractivity contribution in [2.45, 2.75) is 59.3 Å². The van der Waals surface area contributed by atoms with E-state index in [2.05, 4.69) is 37.9 Å². The van der Waals surface area contributed by atoms with Crippen LogP contribution in [0.2, 0.25) is 0 Å². The molecular weight excluding hydrogens is 446 g/mol. The fraction of sp³-hybridized carbons (Fsp3) is 0.312. The van der Waals surface area contributed by atoms with E-state index in [1.807, 2.05) is 48.7 Å². The minimum Gasteiger partial charge on any atom is -0.494 e. The predicted octanol–water partition coefficient (Wildman–Crippen LogP) is 8.41. The number of hydrogen-bond donors (Lipinski definition) is 0. The van der Waals surface area contributed by atoms with Gasteiger partial charge in [-0.1, -0.05) is 69.4 Å². The first-order valence-electron chi connectivity index (χ1n) is 12.9. The van der Waals surface area contributed by atoms with Gasteiger partial charge in [-0.15, -0.1) is 0 Å². The van der Waals surface area contributed by atoms with Gasteiger partial charge in [0.2, 0.25) is 0 Å². The van der Waals surface area contributed by atoms with Crippen LogP contribution in [0.1, 0.15) is 67.7 Å². The quantitative estimate of drug-likeness (QED) is 0.0806. The van der Waals surface area contributed by atoms with Gasteiger partial charge in [0.05, 0.1) is 12.3 Å². The van der Waals surface area contributed by atoms with Crippen molar-refractivity contribution in [3.8, 4) is 11.5 Å². The van der Waals surface area contributed by atoms with E-state index in [-0.39, 0.29) is 0 Å². The lowest BCUT2D eigenvalue weighted by Gasteiger charge is -2.06. The zero-order valence-electron chi connectivity index (χ0n) is 21.7. The Morgan fingerprint density at radius 1 is 0.778 bits per heavy atom. The number of esters is 1. The molecule has 0 bridgehead atoms. The Kier molecular flexibility index (Phi) is 11.0. The SMILES string of the molecule is CCCCCCCCOc1ccc(/C=C/C(=O)Oc2ccc(N=Cc3ccc(C)c(C)c3)cc2)cc1. The Balaban J connectivity index is 1.42. The normalized spacial score (nSPS) is 11.3. The van der Waals surface area contributed by atoms with Gasteiger partial charge in [-0.3, -0.25) is 4.99 Å². The molecule has 4 nitrogen and oxygen atoms in total. The van der Waals surface area contributed by atoms with Gasteiger partial charge >= 0.3 is 5.97 Å². The second kappa shape index (κ2) is 14.7. The maximum atomic E-state index is 12.2. The Hall–Kier alpha value is -3.66. The van der Waals surface area contributed by atoms with Crippen LogP contribution in [0, 0.1) is 13.8 Å². The van der Waals surface area contributed by atoms with Gasteiger partial charge in [-0.05, 0) is 85.0 Å². The lowest BCUT2D eigenvalue weighted by atomic mass is 10.1. The molecule has 3 aromatic carbocycles.